The van der Waals surface area contributed by atoms with Crippen LogP contribution in [0.3, 0.4) is 0 Å². The minimum absolute atomic E-state index is 0.0299. The van der Waals surface area contributed by atoms with Crippen molar-refractivity contribution in [2.75, 3.05) is 39.3 Å². The third-order valence-electron chi connectivity index (χ3n) is 9.54. The number of likely N-dealkylation sites (tertiary alicyclic amines) is 1. The number of aromatic nitrogens is 1. The number of aryl methyl sites for hydroxylation is 2. The van der Waals surface area contributed by atoms with Gasteiger partial charge >= 0.3 is 12.4 Å². The lowest BCUT2D eigenvalue weighted by Crippen LogP contribution is -2.56. The normalized spacial score (nSPS) is 20.7. The van der Waals surface area contributed by atoms with Crippen LogP contribution in [0.4, 0.5) is 30.7 Å². The summed E-state index contributed by atoms with van der Waals surface area (Å²) in [5, 5.41) is 14.8. The predicted molar refractivity (Wildman–Crippen MR) is 162 cm³/mol. The second-order valence-electron chi connectivity index (χ2n) is 12.4. The first-order chi connectivity index (χ1) is 23.2. The molecule has 0 saturated carbocycles. The average molecular weight is 737 g/mol. The van der Waals surface area contributed by atoms with Crippen LogP contribution >= 0.6 is 0 Å². The van der Waals surface area contributed by atoms with Gasteiger partial charge in [0.1, 0.15) is 16.3 Å². The van der Waals surface area contributed by atoms with E-state index in [9.17, 15) is 49.1 Å². The number of aliphatic hydroxyl groups excluding tert-OH is 1. The van der Waals surface area contributed by atoms with Gasteiger partial charge in [-0.3, -0.25) is 14.6 Å². The Labute approximate surface area is 283 Å². The molecular weight excluding hydrogens is 701 g/mol. The van der Waals surface area contributed by atoms with Crippen molar-refractivity contribution < 1.29 is 58.3 Å². The van der Waals surface area contributed by atoms with E-state index < -0.39 is 63.4 Å². The summed E-state index contributed by atoms with van der Waals surface area (Å²) in [6, 6.07) is 6.68. The molecule has 2 aromatic carbocycles. The number of amides is 1. The minimum atomic E-state index is -6.02. The number of sulfone groups is 1. The fourth-order valence-electron chi connectivity index (χ4n) is 6.59. The molecular formula is C32H35F7N4O6S. The average Bonchev–Trinajstić information content (AvgIpc) is 3.65. The van der Waals surface area contributed by atoms with Crippen LogP contribution in [0.1, 0.15) is 41.5 Å². The number of carbonyl (C=O) groups excluding carboxylic acids is 1. The molecule has 1 N–H and O–H groups in total. The number of carbonyl (C=O) groups is 1. The molecule has 3 aromatic rings. The Balaban J connectivity index is 1.55. The van der Waals surface area contributed by atoms with E-state index in [2.05, 4.69) is 5.16 Å². The van der Waals surface area contributed by atoms with E-state index in [0.29, 0.717) is 25.2 Å². The summed E-state index contributed by atoms with van der Waals surface area (Å²) in [5.74, 6) is -0.914. The molecule has 2 aliphatic heterocycles. The number of hydrogen-bond donors (Lipinski definition) is 1. The van der Waals surface area contributed by atoms with Gasteiger partial charge in [-0.25, -0.2) is 12.8 Å². The summed E-state index contributed by atoms with van der Waals surface area (Å²) < 4.78 is 138. The Morgan fingerprint density at radius 3 is 2.02 bits per heavy atom. The van der Waals surface area contributed by atoms with E-state index in [0.717, 1.165) is 36.4 Å². The van der Waals surface area contributed by atoms with Crippen LogP contribution in [-0.2, 0) is 36.3 Å². The first-order valence-corrected chi connectivity index (χ1v) is 17.0. The number of benzene rings is 2. The lowest BCUT2D eigenvalue weighted by molar-refractivity contribution is -0.392. The second-order valence-corrected chi connectivity index (χ2v) is 14.7. The number of hydrogen-bond acceptors (Lipinski definition) is 9. The van der Waals surface area contributed by atoms with Crippen LogP contribution in [0, 0.1) is 19.7 Å². The van der Waals surface area contributed by atoms with E-state index >= 15 is 0 Å². The maximum Gasteiger partial charge on any atom is 0.430 e. The Hall–Kier alpha value is -3.58. The molecule has 18 heteroatoms. The molecule has 1 aromatic heterocycles. The van der Waals surface area contributed by atoms with Crippen LogP contribution < -0.4 is 0 Å². The van der Waals surface area contributed by atoms with E-state index in [4.69, 9.17) is 9.26 Å². The molecule has 3 heterocycles. The number of nitrogens with zero attached hydrogens (tertiary/aromatic N) is 4. The first kappa shape index (κ1) is 37.7. The topological polar surface area (TPSA) is 116 Å². The van der Waals surface area contributed by atoms with Gasteiger partial charge in [-0.15, -0.1) is 0 Å². The Morgan fingerprint density at radius 1 is 0.940 bits per heavy atom. The Bertz CT molecular complexity index is 1760. The third kappa shape index (κ3) is 6.51. The highest BCUT2D eigenvalue weighted by Gasteiger charge is 2.73. The number of ether oxygens (including phenoxy) is 1. The van der Waals surface area contributed by atoms with Crippen molar-refractivity contribution in [3.8, 4) is 0 Å². The smallest absolute Gasteiger partial charge is 0.365 e. The Kier molecular flexibility index (Phi) is 10.2. The standard InChI is InChI=1S/C32H35F7N4O6S/c1-20-27(21(2)49-40-20)18-48-30(31(34,35)36,32(37,38)39)24-6-4-23(5-7-24)29(50(46,47)26-10-8-25(33)9-11-26)12-13-43(19-29)28(45)42-16-14-41(15-17-42)22(3)44/h4-11,28,45H,12-19H2,1-3H3/t28?,29-/m0/s1. The van der Waals surface area contributed by atoms with Gasteiger partial charge in [-0.1, -0.05) is 29.4 Å². The van der Waals surface area contributed by atoms with Crippen LogP contribution in [0.2, 0.25) is 0 Å². The van der Waals surface area contributed by atoms with Gasteiger partial charge in [0.05, 0.1) is 17.2 Å². The first-order valence-electron chi connectivity index (χ1n) is 15.5. The van der Waals surface area contributed by atoms with Gasteiger partial charge < -0.3 is 19.3 Å². The SMILES string of the molecule is CC(=O)N1CCN(C(O)N2CC[C@](c3ccc(C(OCc4c(C)noc4C)(C(F)(F)F)C(F)(F)F)cc3)(S(=O)(=O)c3ccc(F)cc3)C2)CC1. The Morgan fingerprint density at radius 2 is 1.52 bits per heavy atom. The summed E-state index contributed by atoms with van der Waals surface area (Å²) in [6.45, 7) is 3.58. The van der Waals surface area contributed by atoms with Gasteiger partial charge in [0.2, 0.25) is 5.91 Å². The molecule has 1 amide bonds. The van der Waals surface area contributed by atoms with Crippen molar-refractivity contribution in [2.45, 2.75) is 67.7 Å². The van der Waals surface area contributed by atoms with Crippen molar-refractivity contribution in [1.82, 2.24) is 19.9 Å². The van der Waals surface area contributed by atoms with Gasteiger partial charge in [-0.2, -0.15) is 26.3 Å². The van der Waals surface area contributed by atoms with E-state index in [1.807, 2.05) is 0 Å². The zero-order valence-electron chi connectivity index (χ0n) is 27.2. The predicted octanol–water partition coefficient (Wildman–Crippen LogP) is 4.78. The summed E-state index contributed by atoms with van der Waals surface area (Å²) in [6.07, 6.45) is -13.6. The summed E-state index contributed by atoms with van der Waals surface area (Å²) >= 11 is 0. The van der Waals surface area contributed by atoms with Gasteiger partial charge in [0.25, 0.3) is 5.60 Å². The molecule has 50 heavy (non-hydrogen) atoms. The maximum absolute atomic E-state index is 14.6. The lowest BCUT2D eigenvalue weighted by Gasteiger charge is -2.40. The van der Waals surface area contributed by atoms with Crippen LogP contribution in [-0.4, -0.2) is 97.3 Å². The van der Waals surface area contributed by atoms with Crippen molar-refractivity contribution >= 4 is 15.7 Å². The number of piperazine rings is 1. The molecule has 274 valence electrons. The molecule has 0 spiro atoms. The monoisotopic (exact) mass is 736 g/mol. The summed E-state index contributed by atoms with van der Waals surface area (Å²) in [5.41, 5.74) is -6.38. The highest BCUT2D eigenvalue weighted by Crippen LogP contribution is 2.54. The van der Waals surface area contributed by atoms with E-state index in [-0.39, 0.29) is 59.4 Å². The minimum Gasteiger partial charge on any atom is -0.365 e. The molecule has 2 fully saturated rings. The largest absolute Gasteiger partial charge is 0.430 e. The van der Waals surface area contributed by atoms with Gasteiger partial charge in [-0.05, 0) is 50.1 Å². The molecule has 2 aliphatic rings. The molecule has 0 radical (unpaired) electrons. The molecule has 10 nitrogen and oxygen atoms in total. The molecule has 1 unspecified atom stereocenters. The fourth-order valence-corrected chi connectivity index (χ4v) is 8.68. The molecule has 2 saturated heterocycles. The molecule has 2 atom stereocenters. The van der Waals surface area contributed by atoms with Crippen LogP contribution in [0.5, 0.6) is 0 Å². The number of alkyl halides is 6. The maximum atomic E-state index is 14.6. The molecule has 0 bridgehead atoms. The zero-order valence-corrected chi connectivity index (χ0v) is 28.0. The van der Waals surface area contributed by atoms with Crippen LogP contribution in [0.15, 0.2) is 57.9 Å². The van der Waals surface area contributed by atoms with Crippen molar-refractivity contribution in [3.63, 3.8) is 0 Å². The van der Waals surface area contributed by atoms with Gasteiger partial charge in [0.15, 0.2) is 16.2 Å². The van der Waals surface area contributed by atoms with Crippen LogP contribution in [0.25, 0.3) is 0 Å². The molecule has 5 rings (SSSR count). The van der Waals surface area contributed by atoms with E-state index in [1.165, 1.54) is 25.7 Å². The van der Waals surface area contributed by atoms with E-state index in [1.54, 1.807) is 9.80 Å². The van der Waals surface area contributed by atoms with Crippen molar-refractivity contribution in [3.05, 3.63) is 82.5 Å². The zero-order chi connectivity index (χ0) is 36.9. The number of halogens is 7. The number of rotatable bonds is 9. The molecule has 0 aliphatic carbocycles. The third-order valence-corrected chi connectivity index (χ3v) is 12.0. The highest BCUT2D eigenvalue weighted by molar-refractivity contribution is 7.92. The summed E-state index contributed by atoms with van der Waals surface area (Å²) in [7, 11) is -4.53. The lowest BCUT2D eigenvalue weighted by atomic mass is 9.88. The highest BCUT2D eigenvalue weighted by atomic mass is 32.2. The van der Waals surface area contributed by atoms with Crippen molar-refractivity contribution in [1.29, 1.82) is 0 Å². The summed E-state index contributed by atoms with van der Waals surface area (Å²) in [4.78, 5) is 16.1. The number of aliphatic hydroxyl groups is 1. The second kappa shape index (κ2) is 13.5. The fraction of sp³-hybridized carbons (Fsp3) is 0.500. The quantitative estimate of drug-likeness (QED) is 0.245. The van der Waals surface area contributed by atoms with Gasteiger partial charge in [0, 0.05) is 57.3 Å². The van der Waals surface area contributed by atoms with Crippen molar-refractivity contribution in [2.24, 2.45) is 0 Å².